The predicted molar refractivity (Wildman–Crippen MR) is 67.6 cm³/mol. The van der Waals surface area contributed by atoms with Gasteiger partial charge in [0.25, 0.3) is 0 Å². The lowest BCUT2D eigenvalue weighted by Gasteiger charge is -2.19. The molecular weight excluding hydrogens is 218 g/mol. The molecule has 0 saturated heterocycles. The number of aliphatic carboxylic acids is 1. The first-order valence-corrected chi connectivity index (χ1v) is 6.26. The molecule has 0 fully saturated rings. The van der Waals surface area contributed by atoms with E-state index < -0.39 is 12.0 Å². The molecule has 0 rings (SSSR count). The molecule has 4 heteroatoms. The lowest BCUT2D eigenvalue weighted by Crippen LogP contribution is -2.44. The van der Waals surface area contributed by atoms with Crippen LogP contribution in [0.2, 0.25) is 0 Å². The van der Waals surface area contributed by atoms with Crippen molar-refractivity contribution in [3.63, 3.8) is 0 Å². The minimum atomic E-state index is -0.968. The quantitative estimate of drug-likeness (QED) is 0.721. The number of carboxylic acids is 1. The fourth-order valence-corrected chi connectivity index (χ4v) is 1.95. The summed E-state index contributed by atoms with van der Waals surface area (Å²) in [5, 5.41) is 11.5. The van der Waals surface area contributed by atoms with Crippen molar-refractivity contribution in [2.24, 2.45) is 17.8 Å². The highest BCUT2D eigenvalue weighted by Gasteiger charge is 2.23. The third-order valence-electron chi connectivity index (χ3n) is 2.66. The molecule has 2 N–H and O–H groups in total. The van der Waals surface area contributed by atoms with Crippen LogP contribution in [0.25, 0.3) is 0 Å². The second kappa shape index (κ2) is 7.30. The molecule has 17 heavy (non-hydrogen) atoms. The van der Waals surface area contributed by atoms with Crippen LogP contribution in [0.3, 0.4) is 0 Å². The van der Waals surface area contributed by atoms with Gasteiger partial charge in [0.2, 0.25) is 5.91 Å². The highest BCUT2D eigenvalue weighted by Crippen LogP contribution is 2.14. The lowest BCUT2D eigenvalue weighted by molar-refractivity contribution is -0.143. The zero-order valence-corrected chi connectivity index (χ0v) is 11.5. The standard InChI is InChI=1S/C13H25NO3/c1-8(2)6-10(5)7-11(15)14-12(9(3)4)13(16)17/h8-10,12H,6-7H2,1-5H3,(H,14,15)(H,16,17)/t10?,12-/m0/s1. The van der Waals surface area contributed by atoms with Gasteiger partial charge in [-0.3, -0.25) is 4.79 Å². The van der Waals surface area contributed by atoms with Gasteiger partial charge >= 0.3 is 5.97 Å². The van der Waals surface area contributed by atoms with E-state index in [0.717, 1.165) is 6.42 Å². The highest BCUT2D eigenvalue weighted by atomic mass is 16.4. The van der Waals surface area contributed by atoms with Gasteiger partial charge in [0.05, 0.1) is 0 Å². The van der Waals surface area contributed by atoms with Gasteiger partial charge in [0, 0.05) is 6.42 Å². The summed E-state index contributed by atoms with van der Waals surface area (Å²) in [6.07, 6.45) is 1.38. The third-order valence-corrected chi connectivity index (χ3v) is 2.66. The second-order valence-corrected chi connectivity index (χ2v) is 5.57. The van der Waals surface area contributed by atoms with Crippen LogP contribution in [0.4, 0.5) is 0 Å². The Balaban J connectivity index is 4.19. The summed E-state index contributed by atoms with van der Waals surface area (Å²) < 4.78 is 0. The first-order chi connectivity index (χ1) is 7.73. The molecule has 0 aromatic carbocycles. The Bertz CT molecular complexity index is 261. The molecule has 100 valence electrons. The Hall–Kier alpha value is -1.06. The maximum atomic E-state index is 11.7. The Kier molecular flexibility index (Phi) is 6.85. The van der Waals surface area contributed by atoms with Gasteiger partial charge in [0.1, 0.15) is 6.04 Å². The first kappa shape index (κ1) is 15.9. The highest BCUT2D eigenvalue weighted by molar-refractivity contribution is 5.83. The van der Waals surface area contributed by atoms with Gasteiger partial charge in [-0.15, -0.1) is 0 Å². The molecule has 0 aliphatic carbocycles. The van der Waals surface area contributed by atoms with Gasteiger partial charge in [-0.05, 0) is 24.2 Å². The van der Waals surface area contributed by atoms with E-state index in [1.807, 2.05) is 6.92 Å². The van der Waals surface area contributed by atoms with Crippen molar-refractivity contribution in [2.75, 3.05) is 0 Å². The molecular formula is C13H25NO3. The number of hydrogen-bond donors (Lipinski definition) is 2. The molecule has 4 nitrogen and oxygen atoms in total. The van der Waals surface area contributed by atoms with Gasteiger partial charge in [-0.25, -0.2) is 4.79 Å². The number of rotatable bonds is 7. The van der Waals surface area contributed by atoms with E-state index in [1.54, 1.807) is 13.8 Å². The summed E-state index contributed by atoms with van der Waals surface area (Å²) in [5.74, 6) is -0.393. The molecule has 1 unspecified atom stereocenters. The normalized spacial score (nSPS) is 14.8. The zero-order valence-electron chi connectivity index (χ0n) is 11.5. The van der Waals surface area contributed by atoms with Crippen molar-refractivity contribution in [1.29, 1.82) is 0 Å². The molecule has 0 bridgehead atoms. The Morgan fingerprint density at radius 2 is 1.65 bits per heavy atom. The summed E-state index contributed by atoms with van der Waals surface area (Å²) in [7, 11) is 0. The van der Waals surface area contributed by atoms with Crippen LogP contribution in [-0.4, -0.2) is 23.0 Å². The van der Waals surface area contributed by atoms with Crippen LogP contribution in [0.15, 0.2) is 0 Å². The number of amides is 1. The summed E-state index contributed by atoms with van der Waals surface area (Å²) in [6, 6.07) is -0.784. The SMILES string of the molecule is CC(C)CC(C)CC(=O)N[C@H](C(=O)O)C(C)C. The average molecular weight is 243 g/mol. The predicted octanol–water partition coefficient (Wildman–Crippen LogP) is 2.28. The van der Waals surface area contributed by atoms with Crippen LogP contribution >= 0.6 is 0 Å². The van der Waals surface area contributed by atoms with Gasteiger partial charge in [-0.2, -0.15) is 0 Å². The Morgan fingerprint density at radius 3 is 2.00 bits per heavy atom. The molecule has 0 aromatic rings. The van der Waals surface area contributed by atoms with E-state index in [2.05, 4.69) is 19.2 Å². The van der Waals surface area contributed by atoms with E-state index in [0.29, 0.717) is 12.3 Å². The Labute approximate surface area is 104 Å². The van der Waals surface area contributed by atoms with E-state index in [9.17, 15) is 9.59 Å². The lowest BCUT2D eigenvalue weighted by atomic mass is 9.95. The van der Waals surface area contributed by atoms with Crippen LogP contribution < -0.4 is 5.32 Å². The van der Waals surface area contributed by atoms with E-state index in [-0.39, 0.29) is 17.7 Å². The van der Waals surface area contributed by atoms with Crippen LogP contribution in [0.5, 0.6) is 0 Å². The van der Waals surface area contributed by atoms with Crippen molar-refractivity contribution in [2.45, 2.75) is 53.5 Å². The molecule has 2 atom stereocenters. The number of hydrogen-bond acceptors (Lipinski definition) is 2. The molecule has 1 amide bonds. The number of carboxylic acid groups (broad SMARTS) is 1. The van der Waals surface area contributed by atoms with Crippen molar-refractivity contribution in [3.05, 3.63) is 0 Å². The molecule has 0 aromatic heterocycles. The number of carbonyl (C=O) groups excluding carboxylic acids is 1. The largest absolute Gasteiger partial charge is 0.480 e. The van der Waals surface area contributed by atoms with Crippen LogP contribution in [-0.2, 0) is 9.59 Å². The molecule has 0 saturated carbocycles. The Morgan fingerprint density at radius 1 is 1.12 bits per heavy atom. The van der Waals surface area contributed by atoms with Crippen molar-refractivity contribution in [1.82, 2.24) is 5.32 Å². The maximum absolute atomic E-state index is 11.7. The first-order valence-electron chi connectivity index (χ1n) is 6.26. The van der Waals surface area contributed by atoms with Crippen LogP contribution in [0, 0.1) is 17.8 Å². The van der Waals surface area contributed by atoms with Gasteiger partial charge in [0.15, 0.2) is 0 Å². The summed E-state index contributed by atoms with van der Waals surface area (Å²) >= 11 is 0. The van der Waals surface area contributed by atoms with Crippen LogP contribution in [0.1, 0.15) is 47.5 Å². The van der Waals surface area contributed by atoms with Crippen molar-refractivity contribution in [3.8, 4) is 0 Å². The van der Waals surface area contributed by atoms with Gasteiger partial charge in [-0.1, -0.05) is 34.6 Å². The summed E-state index contributed by atoms with van der Waals surface area (Å²) in [5.41, 5.74) is 0. The van der Waals surface area contributed by atoms with E-state index in [1.165, 1.54) is 0 Å². The monoisotopic (exact) mass is 243 g/mol. The van der Waals surface area contributed by atoms with Gasteiger partial charge < -0.3 is 10.4 Å². The molecule has 0 spiro atoms. The third kappa shape index (κ3) is 6.97. The maximum Gasteiger partial charge on any atom is 0.326 e. The topological polar surface area (TPSA) is 66.4 Å². The average Bonchev–Trinajstić information content (AvgIpc) is 2.11. The van der Waals surface area contributed by atoms with E-state index >= 15 is 0 Å². The van der Waals surface area contributed by atoms with Crippen molar-refractivity contribution < 1.29 is 14.7 Å². The minimum absolute atomic E-state index is 0.100. The fraction of sp³-hybridized carbons (Fsp3) is 0.846. The molecule has 0 heterocycles. The number of carbonyl (C=O) groups is 2. The smallest absolute Gasteiger partial charge is 0.326 e. The molecule has 0 aliphatic heterocycles. The number of nitrogens with one attached hydrogen (secondary N) is 1. The van der Waals surface area contributed by atoms with E-state index in [4.69, 9.17) is 5.11 Å². The molecule has 0 radical (unpaired) electrons. The fourth-order valence-electron chi connectivity index (χ4n) is 1.95. The zero-order chi connectivity index (χ0) is 13.6. The summed E-state index contributed by atoms with van der Waals surface area (Å²) in [4.78, 5) is 22.6. The second-order valence-electron chi connectivity index (χ2n) is 5.57. The minimum Gasteiger partial charge on any atom is -0.480 e. The molecule has 0 aliphatic rings. The summed E-state index contributed by atoms with van der Waals surface area (Å²) in [6.45, 7) is 9.82. The van der Waals surface area contributed by atoms with Crippen molar-refractivity contribution >= 4 is 11.9 Å².